The average molecular weight is 405 g/mol. The van der Waals surface area contributed by atoms with Gasteiger partial charge >= 0.3 is 6.03 Å². The Bertz CT molecular complexity index is 954. The Balaban J connectivity index is 1.81. The van der Waals surface area contributed by atoms with Crippen LogP contribution in [0.15, 0.2) is 95.5 Å². The van der Waals surface area contributed by atoms with Crippen molar-refractivity contribution in [1.29, 1.82) is 0 Å². The molecule has 0 fully saturated rings. The van der Waals surface area contributed by atoms with Crippen LogP contribution in [0, 0.1) is 0 Å². The van der Waals surface area contributed by atoms with E-state index in [1.807, 2.05) is 84.9 Å². The van der Waals surface area contributed by atoms with Crippen LogP contribution < -0.4 is 9.80 Å². The number of benzene rings is 3. The highest BCUT2D eigenvalue weighted by Crippen LogP contribution is 2.33. The van der Waals surface area contributed by atoms with E-state index in [1.165, 1.54) is 0 Å². The van der Waals surface area contributed by atoms with Gasteiger partial charge in [-0.1, -0.05) is 70.5 Å². The predicted octanol–water partition coefficient (Wildman–Crippen LogP) is 5.94. The molecule has 4 heteroatoms. The molecule has 1 heterocycles. The number of hydrogen-bond acceptors (Lipinski definition) is 1. The van der Waals surface area contributed by atoms with Crippen LogP contribution in [0.25, 0.3) is 5.70 Å². The van der Waals surface area contributed by atoms with Gasteiger partial charge in [-0.25, -0.2) is 4.79 Å². The molecular formula is C22H17BrN2O. The summed E-state index contributed by atoms with van der Waals surface area (Å²) in [5.74, 6) is 0. The maximum atomic E-state index is 13.4. The van der Waals surface area contributed by atoms with Crippen LogP contribution in [-0.4, -0.2) is 12.6 Å². The van der Waals surface area contributed by atoms with Gasteiger partial charge < -0.3 is 0 Å². The minimum atomic E-state index is -0.0596. The van der Waals surface area contributed by atoms with Crippen molar-refractivity contribution in [3.63, 3.8) is 0 Å². The predicted molar refractivity (Wildman–Crippen MR) is 110 cm³/mol. The molecule has 0 N–H and O–H groups in total. The number of hydrogen-bond donors (Lipinski definition) is 0. The van der Waals surface area contributed by atoms with Crippen molar-refractivity contribution < 1.29 is 4.79 Å². The van der Waals surface area contributed by atoms with Crippen molar-refractivity contribution in [2.24, 2.45) is 0 Å². The number of anilines is 2. The Kier molecular flexibility index (Phi) is 4.59. The van der Waals surface area contributed by atoms with E-state index in [1.54, 1.807) is 9.80 Å². The first kappa shape index (κ1) is 16.6. The molecule has 4 rings (SSSR count). The zero-order valence-corrected chi connectivity index (χ0v) is 15.6. The summed E-state index contributed by atoms with van der Waals surface area (Å²) < 4.78 is 0.951. The Morgan fingerprint density at radius 2 is 1.42 bits per heavy atom. The third-order valence-electron chi connectivity index (χ3n) is 4.33. The number of rotatable bonds is 3. The van der Waals surface area contributed by atoms with Gasteiger partial charge in [0.2, 0.25) is 0 Å². The van der Waals surface area contributed by atoms with Crippen LogP contribution in [0.5, 0.6) is 0 Å². The van der Waals surface area contributed by atoms with E-state index in [4.69, 9.17) is 0 Å². The number of para-hydroxylation sites is 1. The van der Waals surface area contributed by atoms with E-state index in [0.29, 0.717) is 6.54 Å². The third kappa shape index (κ3) is 3.16. The molecule has 0 bridgehead atoms. The summed E-state index contributed by atoms with van der Waals surface area (Å²) in [6.07, 6.45) is 2.10. The van der Waals surface area contributed by atoms with Crippen molar-refractivity contribution in [1.82, 2.24) is 0 Å². The SMILES string of the molecule is O=C1N(c2cccc(Br)c2)CC=C(c2ccccc2)N1c1ccccc1. The third-order valence-corrected chi connectivity index (χ3v) is 4.83. The second kappa shape index (κ2) is 7.18. The van der Waals surface area contributed by atoms with Crippen LogP contribution in [0.2, 0.25) is 0 Å². The van der Waals surface area contributed by atoms with Gasteiger partial charge in [0.1, 0.15) is 0 Å². The number of carbonyl (C=O) groups excluding carboxylic acids is 1. The lowest BCUT2D eigenvalue weighted by molar-refractivity contribution is 0.253. The second-order valence-electron chi connectivity index (χ2n) is 6.00. The molecule has 0 saturated carbocycles. The quantitative estimate of drug-likeness (QED) is 0.529. The molecule has 1 aliphatic rings. The first-order valence-electron chi connectivity index (χ1n) is 8.42. The molecule has 128 valence electrons. The zero-order valence-electron chi connectivity index (χ0n) is 14.0. The monoisotopic (exact) mass is 404 g/mol. The number of urea groups is 1. The summed E-state index contributed by atoms with van der Waals surface area (Å²) in [4.78, 5) is 17.0. The molecule has 0 radical (unpaired) electrons. The zero-order chi connectivity index (χ0) is 17.9. The second-order valence-corrected chi connectivity index (χ2v) is 6.92. The lowest BCUT2D eigenvalue weighted by Gasteiger charge is -2.36. The summed E-state index contributed by atoms with van der Waals surface area (Å²) in [6.45, 7) is 0.531. The van der Waals surface area contributed by atoms with Crippen LogP contribution >= 0.6 is 15.9 Å². The highest BCUT2D eigenvalue weighted by molar-refractivity contribution is 9.10. The molecule has 0 aromatic heterocycles. The first-order chi connectivity index (χ1) is 12.7. The lowest BCUT2D eigenvalue weighted by atomic mass is 10.1. The van der Waals surface area contributed by atoms with Crippen LogP contribution in [0.4, 0.5) is 16.2 Å². The summed E-state index contributed by atoms with van der Waals surface area (Å²) in [6, 6.07) is 27.5. The first-order valence-corrected chi connectivity index (χ1v) is 9.21. The van der Waals surface area contributed by atoms with Gasteiger partial charge in [0.15, 0.2) is 0 Å². The Morgan fingerprint density at radius 1 is 0.769 bits per heavy atom. The van der Waals surface area contributed by atoms with Crippen LogP contribution in [0.1, 0.15) is 5.56 Å². The lowest BCUT2D eigenvalue weighted by Crippen LogP contribution is -2.46. The van der Waals surface area contributed by atoms with Crippen molar-refractivity contribution in [2.45, 2.75) is 0 Å². The molecule has 0 aliphatic carbocycles. The number of nitrogens with zero attached hydrogens (tertiary/aromatic N) is 2. The maximum absolute atomic E-state index is 13.4. The van der Waals surface area contributed by atoms with E-state index in [9.17, 15) is 4.79 Å². The van der Waals surface area contributed by atoms with E-state index < -0.39 is 0 Å². The number of amides is 2. The fraction of sp³-hybridized carbons (Fsp3) is 0.0455. The van der Waals surface area contributed by atoms with E-state index in [2.05, 4.69) is 22.0 Å². The number of carbonyl (C=O) groups is 1. The molecule has 0 unspecified atom stereocenters. The standard InChI is InChI=1S/C22H17BrN2O/c23-18-10-7-13-20(16-18)24-15-14-21(17-8-3-1-4-9-17)25(22(24)26)19-11-5-2-6-12-19/h1-14,16H,15H2. The molecular weight excluding hydrogens is 388 g/mol. The fourth-order valence-corrected chi connectivity index (χ4v) is 3.50. The molecule has 0 saturated heterocycles. The normalized spacial score (nSPS) is 14.3. The summed E-state index contributed by atoms with van der Waals surface area (Å²) in [5, 5.41) is 0. The summed E-state index contributed by atoms with van der Waals surface area (Å²) in [7, 11) is 0. The number of halogens is 1. The molecule has 0 spiro atoms. The van der Waals surface area contributed by atoms with E-state index in [0.717, 1.165) is 27.1 Å². The topological polar surface area (TPSA) is 23.6 Å². The fourth-order valence-electron chi connectivity index (χ4n) is 3.11. The van der Waals surface area contributed by atoms with Crippen molar-refractivity contribution >= 4 is 39.0 Å². The van der Waals surface area contributed by atoms with Gasteiger partial charge in [0.05, 0.1) is 11.4 Å². The van der Waals surface area contributed by atoms with Crippen molar-refractivity contribution in [2.75, 3.05) is 16.3 Å². The van der Waals surface area contributed by atoms with Gasteiger partial charge in [-0.15, -0.1) is 0 Å². The Hall–Kier alpha value is -2.85. The smallest absolute Gasteiger partial charge is 0.290 e. The van der Waals surface area contributed by atoms with Crippen molar-refractivity contribution in [3.8, 4) is 0 Å². The Labute approximate surface area is 161 Å². The maximum Gasteiger partial charge on any atom is 0.333 e. The minimum absolute atomic E-state index is 0.0596. The molecule has 3 nitrogen and oxygen atoms in total. The van der Waals surface area contributed by atoms with Gasteiger partial charge in [-0.2, -0.15) is 0 Å². The molecule has 2 amide bonds. The molecule has 0 atom stereocenters. The summed E-state index contributed by atoms with van der Waals surface area (Å²) in [5.41, 5.74) is 3.66. The largest absolute Gasteiger partial charge is 0.333 e. The van der Waals surface area contributed by atoms with Crippen molar-refractivity contribution in [3.05, 3.63) is 101 Å². The molecule has 3 aromatic rings. The molecule has 1 aliphatic heterocycles. The highest BCUT2D eigenvalue weighted by Gasteiger charge is 2.30. The van der Waals surface area contributed by atoms with Gasteiger partial charge in [0.25, 0.3) is 0 Å². The van der Waals surface area contributed by atoms with Gasteiger partial charge in [0, 0.05) is 16.7 Å². The average Bonchev–Trinajstić information content (AvgIpc) is 2.69. The Morgan fingerprint density at radius 3 is 2.12 bits per heavy atom. The molecule has 3 aromatic carbocycles. The van der Waals surface area contributed by atoms with E-state index >= 15 is 0 Å². The minimum Gasteiger partial charge on any atom is -0.290 e. The van der Waals surface area contributed by atoms with Crippen LogP contribution in [0.3, 0.4) is 0 Å². The van der Waals surface area contributed by atoms with Crippen LogP contribution in [-0.2, 0) is 0 Å². The van der Waals surface area contributed by atoms with E-state index in [-0.39, 0.29) is 6.03 Å². The highest BCUT2D eigenvalue weighted by atomic mass is 79.9. The summed E-state index contributed by atoms with van der Waals surface area (Å²) >= 11 is 3.49. The van der Waals surface area contributed by atoms with Gasteiger partial charge in [-0.05, 0) is 42.0 Å². The van der Waals surface area contributed by atoms with Gasteiger partial charge in [-0.3, -0.25) is 9.80 Å². The molecule has 26 heavy (non-hydrogen) atoms.